The van der Waals surface area contributed by atoms with Gasteiger partial charge in [0.25, 0.3) is 5.91 Å². The molecule has 2 aromatic rings. The molecule has 1 aromatic carbocycles. The first-order valence-electron chi connectivity index (χ1n) is 8.80. The van der Waals surface area contributed by atoms with Gasteiger partial charge in [-0.1, -0.05) is 24.3 Å². The van der Waals surface area contributed by atoms with E-state index >= 15 is 0 Å². The minimum Gasteiger partial charge on any atom is -0.353 e. The summed E-state index contributed by atoms with van der Waals surface area (Å²) in [5.41, 5.74) is 3.11. The zero-order valence-electron chi connectivity index (χ0n) is 14.0. The molecule has 0 saturated carbocycles. The number of nitrogens with zero attached hydrogens (tertiary/aromatic N) is 2. The molecule has 2 heterocycles. The van der Waals surface area contributed by atoms with Gasteiger partial charge in [-0.2, -0.15) is 0 Å². The average molecular weight is 335 g/mol. The van der Waals surface area contributed by atoms with Crippen molar-refractivity contribution < 1.29 is 9.59 Å². The van der Waals surface area contributed by atoms with E-state index in [1.165, 1.54) is 5.56 Å². The van der Waals surface area contributed by atoms with Crippen LogP contribution < -0.4 is 5.32 Å². The number of benzene rings is 1. The number of likely N-dealkylation sites (tertiary alicyclic amines) is 1. The Morgan fingerprint density at radius 1 is 1.04 bits per heavy atom. The molecule has 1 N–H and O–H groups in total. The van der Waals surface area contributed by atoms with Crippen LogP contribution in [-0.2, 0) is 11.2 Å². The minimum absolute atomic E-state index is 0.00678. The fraction of sp³-hybridized carbons (Fsp3) is 0.350. The van der Waals surface area contributed by atoms with Gasteiger partial charge in [-0.25, -0.2) is 0 Å². The monoisotopic (exact) mass is 335 g/mol. The van der Waals surface area contributed by atoms with Gasteiger partial charge in [0.2, 0.25) is 5.91 Å². The lowest BCUT2D eigenvalue weighted by Gasteiger charge is -2.35. The number of piperidine rings is 1. The molecule has 0 spiro atoms. The number of rotatable bonds is 3. The smallest absolute Gasteiger partial charge is 0.253 e. The molecular weight excluding hydrogens is 314 g/mol. The van der Waals surface area contributed by atoms with Crippen LogP contribution in [0.2, 0.25) is 0 Å². The number of carbonyl (C=O) groups is 2. The Kier molecular flexibility index (Phi) is 4.22. The van der Waals surface area contributed by atoms with E-state index in [9.17, 15) is 9.59 Å². The van der Waals surface area contributed by atoms with E-state index in [1.54, 1.807) is 24.5 Å². The Hall–Kier alpha value is -2.69. The SMILES string of the molecule is O=C(NC1CCN(C(=O)c2ccncc2)CC1)C1Cc2ccccc21. The van der Waals surface area contributed by atoms with Gasteiger partial charge in [0.1, 0.15) is 0 Å². The van der Waals surface area contributed by atoms with Crippen LogP contribution in [0.25, 0.3) is 0 Å². The molecule has 1 saturated heterocycles. The van der Waals surface area contributed by atoms with E-state index in [1.807, 2.05) is 23.1 Å². The summed E-state index contributed by atoms with van der Waals surface area (Å²) < 4.78 is 0. The van der Waals surface area contributed by atoms with Crippen molar-refractivity contribution in [2.24, 2.45) is 0 Å². The number of pyridine rings is 1. The molecule has 0 radical (unpaired) electrons. The van der Waals surface area contributed by atoms with Crippen LogP contribution in [0.5, 0.6) is 0 Å². The van der Waals surface area contributed by atoms with E-state index in [4.69, 9.17) is 0 Å². The first-order valence-corrected chi connectivity index (χ1v) is 8.80. The first-order chi connectivity index (χ1) is 12.2. The van der Waals surface area contributed by atoms with Gasteiger partial charge in [0.15, 0.2) is 0 Å². The predicted molar refractivity (Wildman–Crippen MR) is 94.2 cm³/mol. The Morgan fingerprint density at radius 3 is 2.48 bits per heavy atom. The molecule has 1 aliphatic carbocycles. The minimum atomic E-state index is -0.00678. The van der Waals surface area contributed by atoms with E-state index in [-0.39, 0.29) is 23.8 Å². The Labute approximate surface area is 147 Å². The molecule has 1 aliphatic heterocycles. The highest BCUT2D eigenvalue weighted by Gasteiger charge is 2.33. The zero-order chi connectivity index (χ0) is 17.2. The number of fused-ring (bicyclic) bond motifs is 1. The third kappa shape index (κ3) is 3.14. The van der Waals surface area contributed by atoms with Crippen LogP contribution >= 0.6 is 0 Å². The van der Waals surface area contributed by atoms with Gasteiger partial charge in [-0.15, -0.1) is 0 Å². The summed E-state index contributed by atoms with van der Waals surface area (Å²) in [6, 6.07) is 11.8. The molecular formula is C20H21N3O2. The van der Waals surface area contributed by atoms with Crippen molar-refractivity contribution in [3.63, 3.8) is 0 Å². The van der Waals surface area contributed by atoms with Crippen LogP contribution in [0.3, 0.4) is 0 Å². The van der Waals surface area contributed by atoms with Crippen molar-refractivity contribution in [1.29, 1.82) is 0 Å². The van der Waals surface area contributed by atoms with Gasteiger partial charge in [0.05, 0.1) is 5.92 Å². The van der Waals surface area contributed by atoms with Crippen LogP contribution in [0.1, 0.15) is 40.2 Å². The number of carbonyl (C=O) groups excluding carboxylic acids is 2. The third-order valence-corrected chi connectivity index (χ3v) is 5.23. The maximum absolute atomic E-state index is 12.5. The fourth-order valence-corrected chi connectivity index (χ4v) is 3.70. The second-order valence-corrected chi connectivity index (χ2v) is 6.77. The Bertz CT molecular complexity index is 783. The van der Waals surface area contributed by atoms with Crippen LogP contribution in [0, 0.1) is 0 Å². The largest absolute Gasteiger partial charge is 0.353 e. The van der Waals surface area contributed by atoms with Gasteiger partial charge >= 0.3 is 0 Å². The predicted octanol–water partition coefficient (Wildman–Crippen LogP) is 2.14. The molecule has 128 valence electrons. The van der Waals surface area contributed by atoms with Crippen molar-refractivity contribution >= 4 is 11.8 Å². The van der Waals surface area contributed by atoms with E-state index in [0.29, 0.717) is 18.7 Å². The summed E-state index contributed by atoms with van der Waals surface area (Å²) in [6.45, 7) is 1.35. The van der Waals surface area contributed by atoms with Crippen LogP contribution in [0.4, 0.5) is 0 Å². The highest BCUT2D eigenvalue weighted by Crippen LogP contribution is 2.35. The van der Waals surface area contributed by atoms with Crippen LogP contribution in [-0.4, -0.2) is 40.8 Å². The lowest BCUT2D eigenvalue weighted by atomic mass is 9.77. The van der Waals surface area contributed by atoms with Crippen molar-refractivity contribution in [1.82, 2.24) is 15.2 Å². The maximum Gasteiger partial charge on any atom is 0.253 e. The summed E-state index contributed by atoms with van der Waals surface area (Å²) in [5.74, 6) is 0.158. The third-order valence-electron chi connectivity index (χ3n) is 5.23. The standard InChI is InChI=1S/C20H21N3O2/c24-19(18-13-15-3-1-2-4-17(15)18)22-16-7-11-23(12-8-16)20(25)14-5-9-21-10-6-14/h1-6,9-10,16,18H,7-8,11-13H2,(H,22,24). The van der Waals surface area contributed by atoms with Gasteiger partial charge in [0, 0.05) is 37.1 Å². The van der Waals surface area contributed by atoms with Crippen molar-refractivity contribution in [3.8, 4) is 0 Å². The second kappa shape index (κ2) is 6.67. The molecule has 4 rings (SSSR count). The van der Waals surface area contributed by atoms with E-state index in [2.05, 4.69) is 16.4 Å². The molecule has 2 amide bonds. The van der Waals surface area contributed by atoms with E-state index in [0.717, 1.165) is 24.8 Å². The van der Waals surface area contributed by atoms with E-state index < -0.39 is 0 Å². The van der Waals surface area contributed by atoms with Gasteiger partial charge in [-0.05, 0) is 42.5 Å². The lowest BCUT2D eigenvalue weighted by Crippen LogP contribution is -2.48. The summed E-state index contributed by atoms with van der Waals surface area (Å²) >= 11 is 0. The lowest BCUT2D eigenvalue weighted by molar-refractivity contribution is -0.124. The van der Waals surface area contributed by atoms with Crippen LogP contribution in [0.15, 0.2) is 48.8 Å². The van der Waals surface area contributed by atoms with Crippen molar-refractivity contribution in [2.75, 3.05) is 13.1 Å². The highest BCUT2D eigenvalue weighted by atomic mass is 16.2. The number of aromatic nitrogens is 1. The molecule has 0 bridgehead atoms. The molecule has 1 unspecified atom stereocenters. The average Bonchev–Trinajstić information content (AvgIpc) is 2.63. The molecule has 5 heteroatoms. The molecule has 25 heavy (non-hydrogen) atoms. The summed E-state index contributed by atoms with van der Waals surface area (Å²) in [5, 5.41) is 3.17. The topological polar surface area (TPSA) is 62.3 Å². The normalized spacial score (nSPS) is 19.7. The van der Waals surface area contributed by atoms with Gasteiger partial charge < -0.3 is 10.2 Å². The molecule has 1 aromatic heterocycles. The zero-order valence-corrected chi connectivity index (χ0v) is 14.0. The highest BCUT2D eigenvalue weighted by molar-refractivity contribution is 5.94. The number of amides is 2. The number of nitrogens with one attached hydrogen (secondary N) is 1. The van der Waals surface area contributed by atoms with Crippen molar-refractivity contribution in [3.05, 3.63) is 65.5 Å². The Morgan fingerprint density at radius 2 is 1.76 bits per heavy atom. The molecule has 2 aliphatic rings. The summed E-state index contributed by atoms with van der Waals surface area (Å²) in [4.78, 5) is 30.7. The van der Waals surface area contributed by atoms with Crippen molar-refractivity contribution in [2.45, 2.75) is 31.2 Å². The number of hydrogen-bond donors (Lipinski definition) is 1. The number of hydrogen-bond acceptors (Lipinski definition) is 3. The summed E-state index contributed by atoms with van der Waals surface area (Å²) in [7, 11) is 0. The fourth-order valence-electron chi connectivity index (χ4n) is 3.70. The Balaban J connectivity index is 1.30. The first kappa shape index (κ1) is 15.8. The molecule has 1 atom stereocenters. The summed E-state index contributed by atoms with van der Waals surface area (Å²) in [6.07, 6.45) is 5.71. The molecule has 1 fully saturated rings. The maximum atomic E-state index is 12.5. The second-order valence-electron chi connectivity index (χ2n) is 6.77. The molecule has 5 nitrogen and oxygen atoms in total. The van der Waals surface area contributed by atoms with Gasteiger partial charge in [-0.3, -0.25) is 14.6 Å². The quantitative estimate of drug-likeness (QED) is 0.935.